The van der Waals surface area contributed by atoms with Crippen molar-refractivity contribution in [2.24, 2.45) is 0 Å². The molecule has 1 N–H and O–H groups in total. The van der Waals surface area contributed by atoms with E-state index in [1.807, 2.05) is 0 Å². The van der Waals surface area contributed by atoms with E-state index in [-0.39, 0.29) is 16.1 Å². The lowest BCUT2D eigenvalue weighted by molar-refractivity contribution is 0.0602. The lowest BCUT2D eigenvalue weighted by Crippen LogP contribution is -2.10. The monoisotopic (exact) mass is 389 g/mol. The summed E-state index contributed by atoms with van der Waals surface area (Å²) in [6.45, 7) is 6.58. The number of hydrogen-bond donors (Lipinski definition) is 1. The molecule has 0 aliphatic rings. The first-order valence-electron chi connectivity index (χ1n) is 8.14. The number of aromatic nitrogens is 3. The van der Waals surface area contributed by atoms with Crippen LogP contribution in [0.5, 0.6) is 0 Å². The summed E-state index contributed by atoms with van der Waals surface area (Å²) < 4.78 is 4.78. The third-order valence-electron chi connectivity index (χ3n) is 4.08. The minimum absolute atomic E-state index is 0.0991. The number of ether oxygens (including phenoxy) is 1. The molecule has 26 heavy (non-hydrogen) atoms. The highest BCUT2D eigenvalue weighted by Gasteiger charge is 2.21. The number of imidazole rings is 1. The average molecular weight is 390 g/mol. The second-order valence-electron chi connectivity index (χ2n) is 6.94. The lowest BCUT2D eigenvalue weighted by atomic mass is 9.87. The van der Waals surface area contributed by atoms with Gasteiger partial charge in [0.25, 0.3) is 0 Å². The van der Waals surface area contributed by atoms with Crippen molar-refractivity contribution in [2.75, 3.05) is 7.11 Å². The Balaban J connectivity index is 1.86. The Labute approximate surface area is 161 Å². The van der Waals surface area contributed by atoms with Gasteiger partial charge in [-0.3, -0.25) is 0 Å². The van der Waals surface area contributed by atoms with Crippen LogP contribution in [-0.4, -0.2) is 28.0 Å². The van der Waals surface area contributed by atoms with Crippen molar-refractivity contribution in [1.82, 2.24) is 15.0 Å². The number of thioether (sulfide) groups is 1. The number of esters is 1. The van der Waals surface area contributed by atoms with E-state index in [0.29, 0.717) is 16.1 Å². The Morgan fingerprint density at radius 1 is 1.27 bits per heavy atom. The van der Waals surface area contributed by atoms with Crippen LogP contribution in [0.1, 0.15) is 42.3 Å². The quantitative estimate of drug-likeness (QED) is 0.387. The van der Waals surface area contributed by atoms with Crippen molar-refractivity contribution in [3.05, 3.63) is 52.4 Å². The molecule has 2 heterocycles. The maximum absolute atomic E-state index is 11.9. The number of rotatable bonds is 4. The molecule has 3 aromatic rings. The molecule has 0 saturated heterocycles. The number of aromatic amines is 1. The first-order valence-corrected chi connectivity index (χ1v) is 9.50. The summed E-state index contributed by atoms with van der Waals surface area (Å²) >= 11 is 7.76. The molecule has 7 heteroatoms. The number of carbonyl (C=O) groups excluding carboxylic acids is 1. The summed E-state index contributed by atoms with van der Waals surface area (Å²) in [4.78, 5) is 23.6. The molecule has 0 bridgehead atoms. The fraction of sp³-hybridized carbons (Fsp3) is 0.316. The number of methoxy groups -OCH3 is 1. The Bertz CT molecular complexity index is 946. The third kappa shape index (κ3) is 3.71. The Hall–Kier alpha value is -2.05. The molecule has 2 aromatic heterocycles. The van der Waals surface area contributed by atoms with E-state index in [1.54, 1.807) is 11.8 Å². The van der Waals surface area contributed by atoms with Crippen molar-refractivity contribution in [2.45, 2.75) is 37.0 Å². The van der Waals surface area contributed by atoms with Gasteiger partial charge in [0.1, 0.15) is 21.3 Å². The van der Waals surface area contributed by atoms with E-state index in [4.69, 9.17) is 16.3 Å². The van der Waals surface area contributed by atoms with Crippen molar-refractivity contribution in [3.8, 4) is 0 Å². The zero-order valence-corrected chi connectivity index (χ0v) is 16.7. The second-order valence-corrected chi connectivity index (χ2v) is 8.26. The van der Waals surface area contributed by atoms with Gasteiger partial charge in [-0.2, -0.15) is 0 Å². The number of halogens is 1. The summed E-state index contributed by atoms with van der Waals surface area (Å²) in [7, 11) is 1.31. The van der Waals surface area contributed by atoms with Crippen LogP contribution < -0.4 is 0 Å². The molecular formula is C19H20ClN3O2S. The van der Waals surface area contributed by atoms with Gasteiger partial charge in [0.2, 0.25) is 0 Å². The molecule has 1 aromatic carbocycles. The summed E-state index contributed by atoms with van der Waals surface area (Å²) in [5.41, 5.74) is 3.96. The first kappa shape index (κ1) is 18.7. The summed E-state index contributed by atoms with van der Waals surface area (Å²) in [5.74, 6) is 0.188. The molecule has 0 saturated carbocycles. The molecule has 136 valence electrons. The Morgan fingerprint density at radius 2 is 1.96 bits per heavy atom. The maximum atomic E-state index is 11.9. The van der Waals surface area contributed by atoms with Gasteiger partial charge < -0.3 is 9.72 Å². The van der Waals surface area contributed by atoms with E-state index >= 15 is 0 Å². The van der Waals surface area contributed by atoms with Gasteiger partial charge in [-0.15, -0.1) is 0 Å². The van der Waals surface area contributed by atoms with Crippen LogP contribution in [-0.2, 0) is 15.9 Å². The number of hydrogen-bond acceptors (Lipinski definition) is 5. The Kier molecular flexibility index (Phi) is 5.25. The third-order valence-corrected chi connectivity index (χ3v) is 5.40. The zero-order valence-electron chi connectivity index (χ0n) is 15.1. The minimum Gasteiger partial charge on any atom is -0.465 e. The number of fused-ring (bicyclic) bond motifs is 1. The van der Waals surface area contributed by atoms with Gasteiger partial charge in [0, 0.05) is 5.75 Å². The predicted molar refractivity (Wildman–Crippen MR) is 105 cm³/mol. The van der Waals surface area contributed by atoms with Gasteiger partial charge in [-0.05, 0) is 16.5 Å². The molecule has 0 aliphatic carbocycles. The number of nitrogens with one attached hydrogen (secondary N) is 1. The SMILES string of the molecule is COC(=O)c1c(Cl)nc(SCc2ccc(C(C)(C)C)cc2)c2[nH]cnc12. The van der Waals surface area contributed by atoms with Crippen molar-refractivity contribution in [1.29, 1.82) is 0 Å². The average Bonchev–Trinajstić information content (AvgIpc) is 3.08. The fourth-order valence-corrected chi connectivity index (χ4v) is 3.84. The van der Waals surface area contributed by atoms with Crippen LogP contribution >= 0.6 is 23.4 Å². The Morgan fingerprint density at radius 3 is 2.58 bits per heavy atom. The van der Waals surface area contributed by atoms with Crippen LogP contribution in [0.3, 0.4) is 0 Å². The number of pyridine rings is 1. The van der Waals surface area contributed by atoms with Crippen LogP contribution in [0.4, 0.5) is 0 Å². The van der Waals surface area contributed by atoms with E-state index in [1.165, 1.54) is 24.6 Å². The van der Waals surface area contributed by atoms with Crippen molar-refractivity contribution >= 4 is 40.4 Å². The van der Waals surface area contributed by atoms with E-state index in [9.17, 15) is 4.79 Å². The largest absolute Gasteiger partial charge is 0.465 e. The van der Waals surface area contributed by atoms with Gasteiger partial charge in [-0.1, -0.05) is 68.4 Å². The smallest absolute Gasteiger partial charge is 0.343 e. The summed E-state index contributed by atoms with van der Waals surface area (Å²) in [5, 5.41) is 0.803. The van der Waals surface area contributed by atoms with Gasteiger partial charge in [-0.25, -0.2) is 14.8 Å². The molecule has 5 nitrogen and oxygen atoms in total. The normalized spacial score (nSPS) is 11.7. The first-order chi connectivity index (χ1) is 12.3. The standard InChI is InChI=1S/C19H20ClN3O2S/c1-19(2,3)12-7-5-11(6-8-12)9-26-17-15-14(21-10-22-15)13(16(20)23-17)18(24)25-4/h5-8,10H,9H2,1-4H3,(H,21,22). The molecule has 0 unspecified atom stereocenters. The van der Waals surface area contributed by atoms with Gasteiger partial charge in [0.15, 0.2) is 0 Å². The molecule has 0 amide bonds. The molecule has 0 radical (unpaired) electrons. The summed E-state index contributed by atoms with van der Waals surface area (Å²) in [6.07, 6.45) is 1.53. The zero-order chi connectivity index (χ0) is 18.9. The molecule has 3 rings (SSSR count). The highest BCUT2D eigenvalue weighted by molar-refractivity contribution is 7.98. The highest BCUT2D eigenvalue weighted by atomic mass is 35.5. The molecule has 0 aliphatic heterocycles. The van der Waals surface area contributed by atoms with E-state index < -0.39 is 5.97 Å². The van der Waals surface area contributed by atoms with Gasteiger partial charge in [0.05, 0.1) is 19.0 Å². The maximum Gasteiger partial charge on any atom is 0.343 e. The minimum atomic E-state index is -0.547. The molecular weight excluding hydrogens is 370 g/mol. The van der Waals surface area contributed by atoms with Crippen LogP contribution in [0, 0.1) is 0 Å². The number of nitrogens with zero attached hydrogens (tertiary/aromatic N) is 2. The van der Waals surface area contributed by atoms with Crippen LogP contribution in [0.2, 0.25) is 5.15 Å². The molecule has 0 spiro atoms. The van der Waals surface area contributed by atoms with Crippen LogP contribution in [0.15, 0.2) is 35.6 Å². The van der Waals surface area contributed by atoms with Crippen molar-refractivity contribution in [3.63, 3.8) is 0 Å². The van der Waals surface area contributed by atoms with Crippen molar-refractivity contribution < 1.29 is 9.53 Å². The van der Waals surface area contributed by atoms with E-state index in [2.05, 4.69) is 60.0 Å². The summed E-state index contributed by atoms with van der Waals surface area (Å²) in [6, 6.07) is 8.56. The number of benzene rings is 1. The van der Waals surface area contributed by atoms with Gasteiger partial charge >= 0.3 is 5.97 Å². The fourth-order valence-electron chi connectivity index (χ4n) is 2.59. The highest BCUT2D eigenvalue weighted by Crippen LogP contribution is 2.32. The number of H-pyrrole nitrogens is 1. The van der Waals surface area contributed by atoms with E-state index in [0.717, 1.165) is 5.75 Å². The number of carbonyl (C=O) groups is 1. The molecule has 0 fully saturated rings. The van der Waals surface area contributed by atoms with Crippen LogP contribution in [0.25, 0.3) is 11.0 Å². The second kappa shape index (κ2) is 7.29. The predicted octanol–water partition coefficient (Wildman–Crippen LogP) is 4.99. The molecule has 0 atom stereocenters. The topological polar surface area (TPSA) is 67.9 Å². The lowest BCUT2D eigenvalue weighted by Gasteiger charge is -2.19.